The summed E-state index contributed by atoms with van der Waals surface area (Å²) in [6.45, 7) is 5.42. The summed E-state index contributed by atoms with van der Waals surface area (Å²) in [6, 6.07) is -0.0148. The molecule has 0 spiro atoms. The molecule has 0 aliphatic heterocycles. The van der Waals surface area contributed by atoms with E-state index in [1.807, 2.05) is 6.92 Å². The molecule has 1 aliphatic rings. The predicted molar refractivity (Wildman–Crippen MR) is 74.4 cm³/mol. The SMILES string of the molecule is Cc1n[nH]c(C)c1S(=O)(=O)NC(C)C1CCCCC1. The molecule has 1 heterocycles. The summed E-state index contributed by atoms with van der Waals surface area (Å²) in [4.78, 5) is 0.301. The topological polar surface area (TPSA) is 74.8 Å². The van der Waals surface area contributed by atoms with Crippen LogP contribution in [0.2, 0.25) is 0 Å². The van der Waals surface area contributed by atoms with Gasteiger partial charge in [-0.25, -0.2) is 13.1 Å². The molecule has 1 aromatic heterocycles. The molecule has 0 bridgehead atoms. The first-order chi connectivity index (χ1) is 8.92. The van der Waals surface area contributed by atoms with Crippen molar-refractivity contribution < 1.29 is 8.42 Å². The Morgan fingerprint density at radius 3 is 2.42 bits per heavy atom. The summed E-state index contributed by atoms with van der Waals surface area (Å²) in [7, 11) is -3.47. The van der Waals surface area contributed by atoms with Crippen molar-refractivity contribution in [2.24, 2.45) is 5.92 Å². The molecule has 0 radical (unpaired) electrons. The van der Waals surface area contributed by atoms with Crippen molar-refractivity contribution in [3.05, 3.63) is 11.4 Å². The average molecular weight is 285 g/mol. The number of aromatic amines is 1. The minimum atomic E-state index is -3.47. The van der Waals surface area contributed by atoms with E-state index in [1.54, 1.807) is 13.8 Å². The van der Waals surface area contributed by atoms with Crippen molar-refractivity contribution in [2.75, 3.05) is 0 Å². The molecule has 0 aromatic carbocycles. The fraction of sp³-hybridized carbons (Fsp3) is 0.769. The molecule has 0 saturated heterocycles. The molecule has 1 atom stereocenters. The zero-order valence-corrected chi connectivity index (χ0v) is 12.7. The number of aryl methyl sites for hydroxylation is 2. The lowest BCUT2D eigenvalue weighted by Crippen LogP contribution is -2.39. The molecule has 2 rings (SSSR count). The summed E-state index contributed by atoms with van der Waals surface area (Å²) in [5.74, 6) is 0.455. The van der Waals surface area contributed by atoms with Gasteiger partial charge in [0.15, 0.2) is 0 Å². The molecule has 0 amide bonds. The summed E-state index contributed by atoms with van der Waals surface area (Å²) < 4.78 is 27.7. The second-order valence-corrected chi connectivity index (χ2v) is 7.22. The van der Waals surface area contributed by atoms with Crippen molar-refractivity contribution in [2.45, 2.75) is 63.8 Å². The van der Waals surface area contributed by atoms with Gasteiger partial charge >= 0.3 is 0 Å². The number of aromatic nitrogens is 2. The van der Waals surface area contributed by atoms with E-state index in [0.29, 0.717) is 22.2 Å². The van der Waals surface area contributed by atoms with Crippen LogP contribution in [0, 0.1) is 19.8 Å². The molecule has 19 heavy (non-hydrogen) atoms. The van der Waals surface area contributed by atoms with E-state index >= 15 is 0 Å². The van der Waals surface area contributed by atoms with Gasteiger partial charge in [0.1, 0.15) is 4.90 Å². The van der Waals surface area contributed by atoms with Crippen LogP contribution in [0.15, 0.2) is 4.90 Å². The van der Waals surface area contributed by atoms with Crippen LogP contribution in [-0.4, -0.2) is 24.7 Å². The third-order valence-electron chi connectivity index (χ3n) is 4.03. The minimum Gasteiger partial charge on any atom is -0.281 e. The lowest BCUT2D eigenvalue weighted by Gasteiger charge is -2.28. The van der Waals surface area contributed by atoms with E-state index in [-0.39, 0.29) is 6.04 Å². The van der Waals surface area contributed by atoms with E-state index in [9.17, 15) is 8.42 Å². The van der Waals surface area contributed by atoms with Gasteiger partial charge in [-0.2, -0.15) is 5.10 Å². The van der Waals surface area contributed by atoms with Gasteiger partial charge in [-0.3, -0.25) is 5.10 Å². The molecule has 1 fully saturated rings. The Balaban J connectivity index is 2.13. The van der Waals surface area contributed by atoms with Crippen molar-refractivity contribution in [3.63, 3.8) is 0 Å². The number of rotatable bonds is 4. The third-order valence-corrected chi connectivity index (χ3v) is 5.85. The fourth-order valence-corrected chi connectivity index (χ4v) is 4.65. The number of sulfonamides is 1. The third kappa shape index (κ3) is 3.17. The second kappa shape index (κ2) is 5.63. The van der Waals surface area contributed by atoms with Crippen LogP contribution in [0.1, 0.15) is 50.4 Å². The standard InChI is InChI=1S/C13H23N3O2S/c1-9(12-7-5-4-6-8-12)16-19(17,18)13-10(2)14-15-11(13)3/h9,12,16H,4-8H2,1-3H3,(H,14,15). The van der Waals surface area contributed by atoms with Gasteiger partial charge in [-0.15, -0.1) is 0 Å². The Bertz CT molecular complexity index is 511. The highest BCUT2D eigenvalue weighted by molar-refractivity contribution is 7.89. The monoisotopic (exact) mass is 285 g/mol. The molecule has 2 N–H and O–H groups in total. The zero-order valence-electron chi connectivity index (χ0n) is 11.9. The van der Waals surface area contributed by atoms with Crippen LogP contribution in [0.5, 0.6) is 0 Å². The summed E-state index contributed by atoms with van der Waals surface area (Å²) >= 11 is 0. The highest BCUT2D eigenvalue weighted by Gasteiger charge is 2.28. The van der Waals surface area contributed by atoms with Gasteiger partial charge in [0.25, 0.3) is 0 Å². The zero-order chi connectivity index (χ0) is 14.0. The maximum atomic E-state index is 12.4. The summed E-state index contributed by atoms with van der Waals surface area (Å²) in [6.07, 6.45) is 5.93. The number of hydrogen-bond donors (Lipinski definition) is 2. The van der Waals surface area contributed by atoms with Gasteiger partial charge in [0.2, 0.25) is 10.0 Å². The first kappa shape index (κ1) is 14.5. The molecular weight excluding hydrogens is 262 g/mol. The smallest absolute Gasteiger partial charge is 0.244 e. The first-order valence-electron chi connectivity index (χ1n) is 6.95. The average Bonchev–Trinajstić information content (AvgIpc) is 2.70. The van der Waals surface area contributed by atoms with Crippen LogP contribution in [-0.2, 0) is 10.0 Å². The van der Waals surface area contributed by atoms with E-state index in [1.165, 1.54) is 19.3 Å². The molecule has 1 aliphatic carbocycles. The minimum absolute atomic E-state index is 0.0148. The maximum Gasteiger partial charge on any atom is 0.244 e. The highest BCUT2D eigenvalue weighted by atomic mass is 32.2. The number of nitrogens with zero attached hydrogens (tertiary/aromatic N) is 1. The Morgan fingerprint density at radius 2 is 1.89 bits per heavy atom. The Morgan fingerprint density at radius 1 is 1.26 bits per heavy atom. The van der Waals surface area contributed by atoms with Gasteiger partial charge in [-0.05, 0) is 39.5 Å². The van der Waals surface area contributed by atoms with E-state index in [0.717, 1.165) is 12.8 Å². The van der Waals surface area contributed by atoms with Crippen molar-refractivity contribution in [1.29, 1.82) is 0 Å². The summed E-state index contributed by atoms with van der Waals surface area (Å²) in [5, 5.41) is 6.68. The van der Waals surface area contributed by atoms with Crippen molar-refractivity contribution >= 4 is 10.0 Å². The lowest BCUT2D eigenvalue weighted by atomic mass is 9.85. The Hall–Kier alpha value is -0.880. The predicted octanol–water partition coefficient (Wildman–Crippen LogP) is 2.27. The number of hydrogen-bond acceptors (Lipinski definition) is 3. The Labute approximate surface area is 115 Å². The molecular formula is C13H23N3O2S. The van der Waals surface area contributed by atoms with E-state index in [2.05, 4.69) is 14.9 Å². The van der Waals surface area contributed by atoms with Crippen LogP contribution >= 0.6 is 0 Å². The van der Waals surface area contributed by atoms with Gasteiger partial charge in [-0.1, -0.05) is 19.3 Å². The fourth-order valence-electron chi connectivity index (χ4n) is 2.97. The van der Waals surface area contributed by atoms with Crippen LogP contribution < -0.4 is 4.72 Å². The molecule has 1 aromatic rings. The Kier molecular flexibility index (Phi) is 4.30. The van der Waals surface area contributed by atoms with Gasteiger partial charge < -0.3 is 0 Å². The quantitative estimate of drug-likeness (QED) is 0.891. The first-order valence-corrected chi connectivity index (χ1v) is 8.44. The largest absolute Gasteiger partial charge is 0.281 e. The van der Waals surface area contributed by atoms with Crippen LogP contribution in [0.4, 0.5) is 0 Å². The number of nitrogens with one attached hydrogen (secondary N) is 2. The second-order valence-electron chi connectivity index (χ2n) is 5.57. The van der Waals surface area contributed by atoms with Gasteiger partial charge in [0.05, 0.1) is 11.4 Å². The molecule has 108 valence electrons. The van der Waals surface area contributed by atoms with E-state index < -0.39 is 10.0 Å². The number of H-pyrrole nitrogens is 1. The van der Waals surface area contributed by atoms with Crippen molar-refractivity contribution in [3.8, 4) is 0 Å². The molecule has 1 saturated carbocycles. The maximum absolute atomic E-state index is 12.4. The summed E-state index contributed by atoms with van der Waals surface area (Å²) in [5.41, 5.74) is 1.13. The van der Waals surface area contributed by atoms with Gasteiger partial charge in [0, 0.05) is 6.04 Å². The highest BCUT2D eigenvalue weighted by Crippen LogP contribution is 2.27. The molecule has 6 heteroatoms. The lowest BCUT2D eigenvalue weighted by molar-refractivity contribution is 0.303. The normalized spacial score (nSPS) is 19.5. The van der Waals surface area contributed by atoms with Crippen LogP contribution in [0.25, 0.3) is 0 Å². The molecule has 5 nitrogen and oxygen atoms in total. The van der Waals surface area contributed by atoms with E-state index in [4.69, 9.17) is 0 Å². The van der Waals surface area contributed by atoms with Crippen LogP contribution in [0.3, 0.4) is 0 Å². The van der Waals surface area contributed by atoms with Crippen molar-refractivity contribution in [1.82, 2.24) is 14.9 Å². The molecule has 1 unspecified atom stereocenters.